The van der Waals surface area contributed by atoms with E-state index in [1.54, 1.807) is 24.3 Å². The normalized spacial score (nSPS) is 24.8. The predicted molar refractivity (Wildman–Crippen MR) is 91.4 cm³/mol. The van der Waals surface area contributed by atoms with Gasteiger partial charge in [-0.15, -0.1) is 0 Å². The molecule has 0 unspecified atom stereocenters. The highest BCUT2D eigenvalue weighted by molar-refractivity contribution is 7.93. The van der Waals surface area contributed by atoms with Crippen LogP contribution in [0.1, 0.15) is 39.0 Å². The maximum Gasteiger partial charge on any atom is 0.303 e. The molecule has 1 aromatic rings. The molecule has 24 heavy (non-hydrogen) atoms. The second-order valence-corrected chi connectivity index (χ2v) is 8.59. The molecule has 1 aromatic carbocycles. The molecule has 0 amide bonds. The summed E-state index contributed by atoms with van der Waals surface area (Å²) in [5.74, 6) is -1.36. The Hall–Kier alpha value is -1.66. The summed E-state index contributed by atoms with van der Waals surface area (Å²) >= 11 is 0. The van der Waals surface area contributed by atoms with E-state index in [-0.39, 0.29) is 17.7 Å². The highest BCUT2D eigenvalue weighted by Crippen LogP contribution is 2.43. The number of aliphatic carboxylic acids is 1. The fourth-order valence-corrected chi connectivity index (χ4v) is 5.42. The van der Waals surface area contributed by atoms with Gasteiger partial charge in [-0.05, 0) is 30.9 Å². The lowest BCUT2D eigenvalue weighted by atomic mass is 9.92. The van der Waals surface area contributed by atoms with Crippen LogP contribution in [0.4, 0.5) is 0 Å². The number of rotatable bonds is 8. The standard InChI is InChI=1S/C18H24O5S/c1-2-3-9-16(19)18(11-10-14(13-18)12-17(20)21)24(22,23)15-7-5-4-6-8-15/h4-8,10-11,14,16,19H,2-3,9,12-13H2,1H3,(H,20,21)/t14-,16-,18-/m0/s1. The maximum absolute atomic E-state index is 13.2. The van der Waals surface area contributed by atoms with Gasteiger partial charge >= 0.3 is 5.97 Å². The van der Waals surface area contributed by atoms with Crippen LogP contribution in [0, 0.1) is 5.92 Å². The number of allylic oxidation sites excluding steroid dienone is 1. The predicted octanol–water partition coefficient (Wildman–Crippen LogP) is 2.80. The summed E-state index contributed by atoms with van der Waals surface area (Å²) in [6.07, 6.45) is 3.98. The minimum absolute atomic E-state index is 0.0986. The molecule has 0 bridgehead atoms. The third kappa shape index (κ3) is 3.54. The molecule has 3 atom stereocenters. The van der Waals surface area contributed by atoms with E-state index in [0.29, 0.717) is 12.8 Å². The summed E-state index contributed by atoms with van der Waals surface area (Å²) in [5.41, 5.74) is 0. The number of sulfone groups is 1. The van der Waals surface area contributed by atoms with Gasteiger partial charge < -0.3 is 10.2 Å². The Morgan fingerprint density at radius 1 is 1.33 bits per heavy atom. The number of benzene rings is 1. The monoisotopic (exact) mass is 352 g/mol. The van der Waals surface area contributed by atoms with E-state index in [1.807, 2.05) is 6.92 Å². The lowest BCUT2D eigenvalue weighted by molar-refractivity contribution is -0.137. The Bertz CT molecular complexity index is 695. The van der Waals surface area contributed by atoms with Crippen LogP contribution < -0.4 is 0 Å². The Balaban J connectivity index is 2.42. The highest BCUT2D eigenvalue weighted by Gasteiger charge is 2.51. The maximum atomic E-state index is 13.2. The summed E-state index contributed by atoms with van der Waals surface area (Å²) in [4.78, 5) is 11.1. The molecule has 6 heteroatoms. The molecule has 0 aliphatic heterocycles. The average Bonchev–Trinajstić information content (AvgIpc) is 2.98. The zero-order chi connectivity index (χ0) is 17.8. The number of hydrogen-bond donors (Lipinski definition) is 2. The lowest BCUT2D eigenvalue weighted by Gasteiger charge is -2.33. The number of aliphatic hydroxyl groups excluding tert-OH is 1. The van der Waals surface area contributed by atoms with Crippen LogP contribution in [-0.4, -0.2) is 35.5 Å². The summed E-state index contributed by atoms with van der Waals surface area (Å²) in [6.45, 7) is 1.98. The van der Waals surface area contributed by atoms with Crippen molar-refractivity contribution < 1.29 is 23.4 Å². The van der Waals surface area contributed by atoms with Crippen molar-refractivity contribution in [1.29, 1.82) is 0 Å². The molecule has 0 radical (unpaired) electrons. The van der Waals surface area contributed by atoms with Crippen molar-refractivity contribution >= 4 is 15.8 Å². The van der Waals surface area contributed by atoms with Crippen LogP contribution in [0.25, 0.3) is 0 Å². The molecule has 0 fully saturated rings. The lowest BCUT2D eigenvalue weighted by Crippen LogP contribution is -2.47. The van der Waals surface area contributed by atoms with Crippen LogP contribution in [0.3, 0.4) is 0 Å². The quantitative estimate of drug-likeness (QED) is 0.702. The van der Waals surface area contributed by atoms with Gasteiger partial charge in [0.05, 0.1) is 17.4 Å². The van der Waals surface area contributed by atoms with Gasteiger partial charge in [-0.3, -0.25) is 4.79 Å². The molecule has 5 nitrogen and oxygen atoms in total. The molecule has 2 N–H and O–H groups in total. The van der Waals surface area contributed by atoms with Crippen molar-refractivity contribution in [3.63, 3.8) is 0 Å². The SMILES string of the molecule is CCCC[C@H](O)[C@]1(S(=O)(=O)c2ccccc2)C=C[C@@H](CC(=O)O)C1. The van der Waals surface area contributed by atoms with E-state index < -0.39 is 32.6 Å². The molecule has 0 heterocycles. The molecule has 0 aromatic heterocycles. The van der Waals surface area contributed by atoms with E-state index in [4.69, 9.17) is 5.11 Å². The minimum atomic E-state index is -3.83. The van der Waals surface area contributed by atoms with Crippen LogP contribution >= 0.6 is 0 Å². The number of carboxylic acid groups (broad SMARTS) is 1. The smallest absolute Gasteiger partial charge is 0.303 e. The summed E-state index contributed by atoms with van der Waals surface area (Å²) in [7, 11) is -3.83. The Morgan fingerprint density at radius 3 is 2.58 bits per heavy atom. The zero-order valence-corrected chi connectivity index (χ0v) is 14.6. The van der Waals surface area contributed by atoms with Gasteiger partial charge in [0.1, 0.15) is 4.75 Å². The Morgan fingerprint density at radius 2 is 2.00 bits per heavy atom. The topological polar surface area (TPSA) is 91.7 Å². The van der Waals surface area contributed by atoms with E-state index >= 15 is 0 Å². The first kappa shape index (κ1) is 18.7. The summed E-state index contributed by atoms with van der Waals surface area (Å²) in [6, 6.07) is 8.06. The molecule has 132 valence electrons. The minimum Gasteiger partial charge on any atom is -0.481 e. The zero-order valence-electron chi connectivity index (χ0n) is 13.8. The molecule has 0 spiro atoms. The molecule has 0 saturated heterocycles. The number of carbonyl (C=O) groups is 1. The van der Waals surface area contributed by atoms with Crippen LogP contribution in [-0.2, 0) is 14.6 Å². The largest absolute Gasteiger partial charge is 0.481 e. The number of aliphatic hydroxyl groups is 1. The van der Waals surface area contributed by atoms with E-state index in [0.717, 1.165) is 6.42 Å². The van der Waals surface area contributed by atoms with Gasteiger partial charge in [0.2, 0.25) is 0 Å². The first-order valence-electron chi connectivity index (χ1n) is 8.22. The van der Waals surface area contributed by atoms with Crippen molar-refractivity contribution in [2.75, 3.05) is 0 Å². The van der Waals surface area contributed by atoms with Crippen molar-refractivity contribution in [2.24, 2.45) is 5.92 Å². The van der Waals surface area contributed by atoms with Gasteiger partial charge in [-0.25, -0.2) is 8.42 Å². The Kier molecular flexibility index (Phi) is 5.83. The molecule has 0 saturated carbocycles. The van der Waals surface area contributed by atoms with Crippen molar-refractivity contribution in [3.8, 4) is 0 Å². The fraction of sp³-hybridized carbons (Fsp3) is 0.500. The van der Waals surface area contributed by atoms with Gasteiger partial charge in [-0.2, -0.15) is 0 Å². The molecular weight excluding hydrogens is 328 g/mol. The number of unbranched alkanes of at least 4 members (excludes halogenated alkanes) is 1. The Labute approximate surface area is 142 Å². The van der Waals surface area contributed by atoms with E-state index in [9.17, 15) is 18.3 Å². The summed E-state index contributed by atoms with van der Waals surface area (Å²) in [5, 5.41) is 19.7. The first-order valence-corrected chi connectivity index (χ1v) is 9.70. The van der Waals surface area contributed by atoms with Gasteiger partial charge in [0.15, 0.2) is 9.84 Å². The first-order chi connectivity index (χ1) is 11.3. The van der Waals surface area contributed by atoms with Gasteiger partial charge in [0, 0.05) is 0 Å². The molecular formula is C18H24O5S. The molecule has 1 aliphatic rings. The van der Waals surface area contributed by atoms with E-state index in [2.05, 4.69) is 0 Å². The molecule has 2 rings (SSSR count). The van der Waals surface area contributed by atoms with Crippen molar-refractivity contribution in [1.82, 2.24) is 0 Å². The van der Waals surface area contributed by atoms with Crippen molar-refractivity contribution in [2.45, 2.75) is 54.8 Å². The van der Waals surface area contributed by atoms with E-state index in [1.165, 1.54) is 18.2 Å². The third-order valence-corrected chi connectivity index (χ3v) is 7.09. The van der Waals surface area contributed by atoms with Crippen LogP contribution in [0.15, 0.2) is 47.4 Å². The number of carboxylic acids is 1. The second-order valence-electron chi connectivity index (χ2n) is 6.35. The fourth-order valence-electron chi connectivity index (χ4n) is 3.30. The highest BCUT2D eigenvalue weighted by atomic mass is 32.2. The average molecular weight is 352 g/mol. The van der Waals surface area contributed by atoms with Gasteiger partial charge in [0.25, 0.3) is 0 Å². The second kappa shape index (κ2) is 7.49. The number of hydrogen-bond acceptors (Lipinski definition) is 4. The van der Waals surface area contributed by atoms with Gasteiger partial charge in [-0.1, -0.05) is 50.1 Å². The molecule has 1 aliphatic carbocycles. The van der Waals surface area contributed by atoms with Crippen LogP contribution in [0.2, 0.25) is 0 Å². The van der Waals surface area contributed by atoms with Crippen LogP contribution in [0.5, 0.6) is 0 Å². The summed E-state index contributed by atoms with van der Waals surface area (Å²) < 4.78 is 25.0. The van der Waals surface area contributed by atoms with Crippen molar-refractivity contribution in [3.05, 3.63) is 42.5 Å². The third-order valence-electron chi connectivity index (χ3n) is 4.62.